The summed E-state index contributed by atoms with van der Waals surface area (Å²) >= 11 is 0. The summed E-state index contributed by atoms with van der Waals surface area (Å²) in [6.07, 6.45) is 13.4. The smallest absolute Gasteiger partial charge is 0.217 e. The van der Waals surface area contributed by atoms with E-state index in [1.807, 2.05) is 30.3 Å². The first-order chi connectivity index (χ1) is 17.7. The zero-order valence-electron chi connectivity index (χ0n) is 20.7. The van der Waals surface area contributed by atoms with E-state index in [-0.39, 0.29) is 11.7 Å². The molecular weight excluding hydrogens is 452 g/mol. The van der Waals surface area contributed by atoms with E-state index >= 15 is 0 Å². The number of aromatic nitrogens is 8. The van der Waals surface area contributed by atoms with Gasteiger partial charge >= 0.3 is 0 Å². The van der Waals surface area contributed by atoms with E-state index in [1.54, 1.807) is 12.4 Å². The second-order valence-electron chi connectivity index (χ2n) is 9.73. The average molecular weight is 485 g/mol. The van der Waals surface area contributed by atoms with Crippen molar-refractivity contribution in [1.29, 1.82) is 0 Å². The predicted octanol–water partition coefficient (Wildman–Crippen LogP) is 5.21. The normalized spacial score (nSPS) is 17.8. The van der Waals surface area contributed by atoms with Crippen molar-refractivity contribution in [3.8, 4) is 22.5 Å². The minimum atomic E-state index is 0.0567. The maximum absolute atomic E-state index is 13.1. The summed E-state index contributed by atoms with van der Waals surface area (Å²) in [6.45, 7) is 2.23. The lowest BCUT2D eigenvalue weighted by molar-refractivity contribution is 0.0848. The molecule has 1 aliphatic carbocycles. The van der Waals surface area contributed by atoms with Gasteiger partial charge in [-0.15, -0.1) is 10.2 Å². The van der Waals surface area contributed by atoms with Crippen LogP contribution in [0.25, 0.3) is 22.5 Å². The summed E-state index contributed by atoms with van der Waals surface area (Å²) in [5.74, 6) is 2.38. The number of aromatic amines is 2. The molecule has 1 fully saturated rings. The molecule has 0 aliphatic heterocycles. The quantitative estimate of drug-likeness (QED) is 0.234. The Kier molecular flexibility index (Phi) is 7.54. The van der Waals surface area contributed by atoms with Crippen LogP contribution in [0.4, 0.5) is 0 Å². The van der Waals surface area contributed by atoms with Crippen LogP contribution in [0.2, 0.25) is 0 Å². The van der Waals surface area contributed by atoms with Gasteiger partial charge in [-0.2, -0.15) is 10.3 Å². The van der Waals surface area contributed by atoms with Crippen molar-refractivity contribution in [2.75, 3.05) is 0 Å². The third kappa shape index (κ3) is 5.56. The highest BCUT2D eigenvalue weighted by molar-refractivity contribution is 5.94. The van der Waals surface area contributed by atoms with Gasteiger partial charge in [0.05, 0.1) is 0 Å². The monoisotopic (exact) mass is 484 g/mol. The van der Waals surface area contributed by atoms with Gasteiger partial charge in [0.1, 0.15) is 5.82 Å². The number of pyridine rings is 1. The van der Waals surface area contributed by atoms with Gasteiger partial charge in [0, 0.05) is 35.9 Å². The second kappa shape index (κ2) is 11.3. The number of nitrogens with one attached hydrogen (secondary N) is 2. The van der Waals surface area contributed by atoms with E-state index in [9.17, 15) is 4.79 Å². The maximum Gasteiger partial charge on any atom is 0.217 e. The lowest BCUT2D eigenvalue weighted by atomic mass is 9.77. The van der Waals surface area contributed by atoms with Crippen LogP contribution in [-0.4, -0.2) is 46.6 Å². The van der Waals surface area contributed by atoms with E-state index in [2.05, 4.69) is 47.7 Å². The molecule has 0 bridgehead atoms. The number of carbonyl (C=O) groups excluding carboxylic acids is 1. The lowest BCUT2D eigenvalue weighted by Gasteiger charge is -2.27. The average Bonchev–Trinajstić information content (AvgIpc) is 3.62. The Morgan fingerprint density at radius 3 is 2.75 bits per heavy atom. The number of carbonyl (C=O) groups is 1. The Balaban J connectivity index is 1.23. The van der Waals surface area contributed by atoms with Gasteiger partial charge in [-0.3, -0.25) is 14.9 Å². The van der Waals surface area contributed by atoms with Crippen LogP contribution >= 0.6 is 0 Å². The maximum atomic E-state index is 13.1. The van der Waals surface area contributed by atoms with Crippen molar-refractivity contribution in [1.82, 2.24) is 40.8 Å². The molecule has 9 heteroatoms. The van der Waals surface area contributed by atoms with Crippen LogP contribution in [0.1, 0.15) is 80.3 Å². The first-order valence-electron chi connectivity index (χ1n) is 12.9. The van der Waals surface area contributed by atoms with Crippen molar-refractivity contribution in [2.45, 2.75) is 64.7 Å². The van der Waals surface area contributed by atoms with E-state index in [1.165, 1.54) is 32.1 Å². The fourth-order valence-electron chi connectivity index (χ4n) is 5.23. The molecule has 36 heavy (non-hydrogen) atoms. The Hall–Kier alpha value is -3.75. The summed E-state index contributed by atoms with van der Waals surface area (Å²) in [6, 6.07) is 10.1. The number of Topliss-reactive ketones (excluding diaryl/α,β-unsaturated/α-hetero) is 1. The first-order valence-corrected chi connectivity index (χ1v) is 12.9. The fourth-order valence-corrected chi connectivity index (χ4v) is 5.23. The SMILES string of the molecule is CCCCCC1CCCC(C(=O)c2n[nH]c(Cc3ccc(-c4cnccc4-c4nn[nH]n4)cc3)n2)C1. The highest BCUT2D eigenvalue weighted by atomic mass is 16.1. The zero-order chi connectivity index (χ0) is 24.7. The molecule has 0 amide bonds. The summed E-state index contributed by atoms with van der Waals surface area (Å²) in [4.78, 5) is 21.9. The molecule has 3 heterocycles. The number of nitrogens with zero attached hydrogens (tertiary/aromatic N) is 6. The molecule has 1 aromatic carbocycles. The van der Waals surface area contributed by atoms with Crippen molar-refractivity contribution >= 4 is 5.78 Å². The van der Waals surface area contributed by atoms with Crippen molar-refractivity contribution in [2.24, 2.45) is 11.8 Å². The molecule has 1 saturated carbocycles. The molecule has 2 atom stereocenters. The Labute approximate surface area is 210 Å². The molecule has 186 valence electrons. The van der Waals surface area contributed by atoms with Crippen LogP contribution < -0.4 is 0 Å². The predicted molar refractivity (Wildman–Crippen MR) is 136 cm³/mol. The Morgan fingerprint density at radius 1 is 1.06 bits per heavy atom. The molecule has 4 aromatic rings. The minimum absolute atomic E-state index is 0.0567. The van der Waals surface area contributed by atoms with E-state index in [4.69, 9.17) is 0 Å². The Morgan fingerprint density at radius 2 is 1.94 bits per heavy atom. The number of hydrogen-bond acceptors (Lipinski definition) is 7. The van der Waals surface area contributed by atoms with Crippen molar-refractivity contribution in [3.63, 3.8) is 0 Å². The number of benzene rings is 1. The van der Waals surface area contributed by atoms with Gasteiger partial charge in [-0.25, -0.2) is 4.98 Å². The molecule has 1 aliphatic rings. The second-order valence-corrected chi connectivity index (χ2v) is 9.73. The molecular formula is C27H32N8O. The fraction of sp³-hybridized carbons (Fsp3) is 0.444. The third-order valence-electron chi connectivity index (χ3n) is 7.17. The van der Waals surface area contributed by atoms with Crippen molar-refractivity contribution < 1.29 is 4.79 Å². The topological polar surface area (TPSA) is 126 Å². The zero-order valence-corrected chi connectivity index (χ0v) is 20.7. The Bertz CT molecular complexity index is 1270. The van der Waals surface area contributed by atoms with Crippen molar-refractivity contribution in [3.05, 3.63) is 59.9 Å². The van der Waals surface area contributed by atoms with Crippen LogP contribution in [0.15, 0.2) is 42.7 Å². The van der Waals surface area contributed by atoms with Crippen LogP contribution in [0.3, 0.4) is 0 Å². The summed E-state index contributed by atoms with van der Waals surface area (Å²) in [5, 5.41) is 21.6. The van der Waals surface area contributed by atoms with Crippen LogP contribution in [0.5, 0.6) is 0 Å². The summed E-state index contributed by atoms with van der Waals surface area (Å²) in [7, 11) is 0. The van der Waals surface area contributed by atoms with Crippen LogP contribution in [-0.2, 0) is 6.42 Å². The van der Waals surface area contributed by atoms with E-state index in [0.717, 1.165) is 41.5 Å². The lowest BCUT2D eigenvalue weighted by Crippen LogP contribution is -2.24. The van der Waals surface area contributed by atoms with Gasteiger partial charge in [-0.1, -0.05) is 69.7 Å². The molecule has 9 nitrogen and oxygen atoms in total. The number of tetrazole rings is 1. The number of unbranched alkanes of at least 4 members (excludes halogenated alkanes) is 2. The largest absolute Gasteiger partial charge is 0.290 e. The van der Waals surface area contributed by atoms with E-state index < -0.39 is 0 Å². The molecule has 3 aromatic heterocycles. The molecule has 5 rings (SSSR count). The standard InChI is InChI=1S/C27H32N8O/c1-2-3-4-6-18-7-5-8-21(15-18)25(36)27-29-24(30-31-27)16-19-9-11-20(12-10-19)23-17-28-14-13-22(23)26-32-34-35-33-26/h9-14,17-18,21H,2-8,15-16H2,1H3,(H,29,30,31)(H,32,33,34,35). The molecule has 2 N–H and O–H groups in total. The molecule has 0 saturated heterocycles. The first kappa shape index (κ1) is 24.0. The van der Waals surface area contributed by atoms with Gasteiger partial charge in [0.25, 0.3) is 0 Å². The number of rotatable bonds is 10. The molecule has 2 unspecified atom stereocenters. The van der Waals surface area contributed by atoms with Crippen LogP contribution in [0, 0.1) is 11.8 Å². The van der Waals surface area contributed by atoms with Gasteiger partial charge in [-0.05, 0) is 41.2 Å². The number of ketones is 1. The van der Waals surface area contributed by atoms with Gasteiger partial charge in [0.2, 0.25) is 17.4 Å². The summed E-state index contributed by atoms with van der Waals surface area (Å²) in [5.41, 5.74) is 3.87. The van der Waals surface area contributed by atoms with Gasteiger partial charge in [0.15, 0.2) is 0 Å². The van der Waals surface area contributed by atoms with E-state index in [0.29, 0.717) is 29.8 Å². The third-order valence-corrected chi connectivity index (χ3v) is 7.17. The minimum Gasteiger partial charge on any atom is -0.290 e. The van der Waals surface area contributed by atoms with Gasteiger partial charge < -0.3 is 0 Å². The summed E-state index contributed by atoms with van der Waals surface area (Å²) < 4.78 is 0. The highest BCUT2D eigenvalue weighted by Gasteiger charge is 2.29. The number of hydrogen-bond donors (Lipinski definition) is 2. The molecule has 0 radical (unpaired) electrons. The molecule has 0 spiro atoms. The highest BCUT2D eigenvalue weighted by Crippen LogP contribution is 2.34. The number of H-pyrrole nitrogens is 2.